The Hall–Kier alpha value is -0.340. The second kappa shape index (κ2) is 4.25. The van der Waals surface area contributed by atoms with Gasteiger partial charge in [-0.25, -0.2) is 0 Å². The van der Waals surface area contributed by atoms with Crippen LogP contribution in [-0.2, 0) is 5.41 Å². The van der Waals surface area contributed by atoms with Crippen molar-refractivity contribution in [2.24, 2.45) is 0 Å². The van der Waals surface area contributed by atoms with Crippen LogP contribution in [0.15, 0.2) is 28.7 Å². The monoisotopic (exact) mass is 241 g/mol. The number of likely N-dealkylation sites (N-methyl/N-ethyl adjacent to an activating group) is 1. The molecule has 1 aromatic rings. The second-order valence-corrected chi connectivity index (χ2v) is 4.84. The maximum absolute atomic E-state index is 3.44. The average Bonchev–Trinajstić information content (AvgIpc) is 2.05. The van der Waals surface area contributed by atoms with E-state index < -0.39 is 0 Å². The molecule has 0 aliphatic carbocycles. The third-order valence-corrected chi connectivity index (χ3v) is 2.77. The van der Waals surface area contributed by atoms with E-state index in [0.717, 1.165) is 11.0 Å². The molecule has 0 atom stereocenters. The summed E-state index contributed by atoms with van der Waals surface area (Å²) in [4.78, 5) is 0. The molecule has 1 nitrogen and oxygen atoms in total. The molecule has 0 unspecified atom stereocenters. The molecule has 0 aliphatic heterocycles. The summed E-state index contributed by atoms with van der Waals surface area (Å²) < 4.78 is 1.14. The van der Waals surface area contributed by atoms with Crippen molar-refractivity contribution in [2.45, 2.75) is 19.3 Å². The van der Waals surface area contributed by atoms with E-state index in [-0.39, 0.29) is 5.41 Å². The van der Waals surface area contributed by atoms with E-state index >= 15 is 0 Å². The molecule has 72 valence electrons. The van der Waals surface area contributed by atoms with Gasteiger partial charge in [-0.2, -0.15) is 0 Å². The minimum absolute atomic E-state index is 0.204. The van der Waals surface area contributed by atoms with Crippen molar-refractivity contribution in [1.82, 2.24) is 5.32 Å². The summed E-state index contributed by atoms with van der Waals surface area (Å²) in [7, 11) is 1.99. The van der Waals surface area contributed by atoms with Crippen molar-refractivity contribution in [1.29, 1.82) is 0 Å². The smallest absolute Gasteiger partial charge is 0.0175 e. The molecule has 0 bridgehead atoms. The number of rotatable bonds is 3. The first-order valence-electron chi connectivity index (χ1n) is 4.47. The molecule has 1 rings (SSSR count). The normalized spacial score (nSPS) is 11.7. The van der Waals surface area contributed by atoms with Crippen molar-refractivity contribution in [3.8, 4) is 0 Å². The van der Waals surface area contributed by atoms with E-state index in [0.29, 0.717) is 0 Å². The van der Waals surface area contributed by atoms with Gasteiger partial charge >= 0.3 is 0 Å². The molecule has 2 heteroatoms. The van der Waals surface area contributed by atoms with Gasteiger partial charge in [0.15, 0.2) is 0 Å². The summed E-state index contributed by atoms with van der Waals surface area (Å²) in [6.45, 7) is 5.48. The fraction of sp³-hybridized carbons (Fsp3) is 0.455. The van der Waals surface area contributed by atoms with Crippen molar-refractivity contribution >= 4 is 15.9 Å². The quantitative estimate of drug-likeness (QED) is 0.859. The van der Waals surface area contributed by atoms with Crippen molar-refractivity contribution in [3.05, 3.63) is 34.3 Å². The van der Waals surface area contributed by atoms with Crippen molar-refractivity contribution in [3.63, 3.8) is 0 Å². The molecule has 0 radical (unpaired) electrons. The predicted octanol–water partition coefficient (Wildman–Crippen LogP) is 2.95. The molecule has 0 heterocycles. The largest absolute Gasteiger partial charge is 0.319 e. The van der Waals surface area contributed by atoms with Crippen LogP contribution in [0.1, 0.15) is 19.4 Å². The van der Waals surface area contributed by atoms with Gasteiger partial charge in [0.2, 0.25) is 0 Å². The molecular formula is C11H16BrN. The third kappa shape index (κ3) is 2.82. The summed E-state index contributed by atoms with van der Waals surface area (Å²) in [6.07, 6.45) is 0. The zero-order chi connectivity index (χ0) is 9.90. The highest BCUT2D eigenvalue weighted by atomic mass is 79.9. The Kier molecular flexibility index (Phi) is 3.51. The molecular weight excluding hydrogens is 226 g/mol. The molecule has 0 aliphatic rings. The minimum Gasteiger partial charge on any atom is -0.319 e. The van der Waals surface area contributed by atoms with Gasteiger partial charge < -0.3 is 5.32 Å². The highest BCUT2D eigenvalue weighted by Gasteiger charge is 2.18. The lowest BCUT2D eigenvalue weighted by Gasteiger charge is -2.24. The number of halogens is 1. The lowest BCUT2D eigenvalue weighted by molar-refractivity contribution is 0.494. The van der Waals surface area contributed by atoms with Gasteiger partial charge in [0.05, 0.1) is 0 Å². The summed E-state index contributed by atoms with van der Waals surface area (Å²) in [5, 5.41) is 3.21. The Morgan fingerprint density at radius 2 is 1.77 bits per heavy atom. The Morgan fingerprint density at radius 1 is 1.23 bits per heavy atom. The molecule has 1 aromatic carbocycles. The van der Waals surface area contributed by atoms with Gasteiger partial charge in [-0.1, -0.05) is 41.9 Å². The first-order chi connectivity index (χ1) is 6.06. The lowest BCUT2D eigenvalue weighted by atomic mass is 9.85. The number of hydrogen-bond donors (Lipinski definition) is 1. The topological polar surface area (TPSA) is 12.0 Å². The van der Waals surface area contributed by atoms with E-state index in [9.17, 15) is 0 Å². The summed E-state index contributed by atoms with van der Waals surface area (Å²) >= 11 is 3.44. The van der Waals surface area contributed by atoms with Gasteiger partial charge in [0, 0.05) is 16.4 Å². The van der Waals surface area contributed by atoms with Crippen LogP contribution in [0.2, 0.25) is 0 Å². The fourth-order valence-electron chi connectivity index (χ4n) is 1.45. The van der Waals surface area contributed by atoms with Crippen LogP contribution in [0, 0.1) is 0 Å². The van der Waals surface area contributed by atoms with Gasteiger partial charge in [0.1, 0.15) is 0 Å². The summed E-state index contributed by atoms with van der Waals surface area (Å²) in [6, 6.07) is 8.52. The molecule has 0 aromatic heterocycles. The molecule has 0 saturated carbocycles. The summed E-state index contributed by atoms with van der Waals surface area (Å²) in [5.74, 6) is 0. The van der Waals surface area contributed by atoms with Crippen LogP contribution in [0.4, 0.5) is 0 Å². The Labute approximate surface area is 88.7 Å². The predicted molar refractivity (Wildman–Crippen MR) is 61.1 cm³/mol. The van der Waals surface area contributed by atoms with Crippen LogP contribution < -0.4 is 5.32 Å². The number of hydrogen-bond acceptors (Lipinski definition) is 1. The number of benzene rings is 1. The molecule has 0 fully saturated rings. The average molecular weight is 242 g/mol. The lowest BCUT2D eigenvalue weighted by Crippen LogP contribution is -2.30. The van der Waals surface area contributed by atoms with E-state index in [1.54, 1.807) is 0 Å². The SMILES string of the molecule is CNCC(C)(C)c1ccc(Br)cc1. The van der Waals surface area contributed by atoms with E-state index in [4.69, 9.17) is 0 Å². The standard InChI is InChI=1S/C11H16BrN/c1-11(2,8-13-3)9-4-6-10(12)7-5-9/h4-7,13H,8H2,1-3H3. The van der Waals surface area contributed by atoms with E-state index in [2.05, 4.69) is 59.4 Å². The van der Waals surface area contributed by atoms with Crippen LogP contribution in [0.5, 0.6) is 0 Å². The van der Waals surface area contributed by atoms with Crippen molar-refractivity contribution in [2.75, 3.05) is 13.6 Å². The van der Waals surface area contributed by atoms with Crippen molar-refractivity contribution < 1.29 is 0 Å². The number of nitrogens with one attached hydrogen (secondary N) is 1. The maximum atomic E-state index is 3.44. The maximum Gasteiger partial charge on any atom is 0.0175 e. The Bertz CT molecular complexity index is 264. The third-order valence-electron chi connectivity index (χ3n) is 2.24. The first kappa shape index (κ1) is 10.7. The highest BCUT2D eigenvalue weighted by molar-refractivity contribution is 9.10. The minimum atomic E-state index is 0.204. The van der Waals surface area contributed by atoms with Gasteiger partial charge in [0.25, 0.3) is 0 Å². The van der Waals surface area contributed by atoms with Gasteiger partial charge in [-0.05, 0) is 24.7 Å². The Balaban J connectivity index is 2.87. The van der Waals surface area contributed by atoms with Gasteiger partial charge in [-0.3, -0.25) is 0 Å². The molecule has 1 N–H and O–H groups in total. The zero-order valence-electron chi connectivity index (χ0n) is 8.39. The molecule has 0 saturated heterocycles. The van der Waals surface area contributed by atoms with Crippen LogP contribution in [0.25, 0.3) is 0 Å². The second-order valence-electron chi connectivity index (χ2n) is 3.92. The molecule has 13 heavy (non-hydrogen) atoms. The first-order valence-corrected chi connectivity index (χ1v) is 5.26. The Morgan fingerprint density at radius 3 is 2.23 bits per heavy atom. The van der Waals surface area contributed by atoms with E-state index in [1.807, 2.05) is 7.05 Å². The zero-order valence-corrected chi connectivity index (χ0v) is 9.98. The van der Waals surface area contributed by atoms with Gasteiger partial charge in [-0.15, -0.1) is 0 Å². The van der Waals surface area contributed by atoms with E-state index in [1.165, 1.54) is 5.56 Å². The van der Waals surface area contributed by atoms with Crippen LogP contribution >= 0.6 is 15.9 Å². The molecule has 0 spiro atoms. The fourth-order valence-corrected chi connectivity index (χ4v) is 1.71. The molecule has 0 amide bonds. The van der Waals surface area contributed by atoms with Crippen LogP contribution in [-0.4, -0.2) is 13.6 Å². The van der Waals surface area contributed by atoms with Crippen LogP contribution in [0.3, 0.4) is 0 Å². The highest BCUT2D eigenvalue weighted by Crippen LogP contribution is 2.23. The summed E-state index contributed by atoms with van der Waals surface area (Å²) in [5.41, 5.74) is 1.57.